The molecule has 25 heavy (non-hydrogen) atoms. The Bertz CT molecular complexity index is 1030. The van der Waals surface area contributed by atoms with Gasteiger partial charge in [0.05, 0.1) is 30.5 Å². The third-order valence-electron chi connectivity index (χ3n) is 4.77. The number of rotatable bonds is 2. The molecule has 4 rings (SSSR count). The Balaban J connectivity index is 1.75. The van der Waals surface area contributed by atoms with Crippen molar-refractivity contribution in [2.75, 3.05) is 6.54 Å². The fourth-order valence-corrected chi connectivity index (χ4v) is 4.48. The van der Waals surface area contributed by atoms with Gasteiger partial charge in [-0.15, -0.1) is 11.3 Å². The molecule has 3 aromatic rings. The summed E-state index contributed by atoms with van der Waals surface area (Å²) in [4.78, 5) is 32.7. The van der Waals surface area contributed by atoms with Crippen LogP contribution in [0.5, 0.6) is 0 Å². The van der Waals surface area contributed by atoms with Gasteiger partial charge in [-0.3, -0.25) is 18.8 Å². The maximum atomic E-state index is 13.0. The standard InChI is InChI=1S/C17H19N5O2S/c1-10-6-12(19-20(10)3)7-22-9-18-16-15(17(22)24)13-4-5-21(11(2)23)8-14(13)25-16/h6,9H,4-5,7-8H2,1-3H3. The highest BCUT2D eigenvalue weighted by atomic mass is 32.1. The van der Waals surface area contributed by atoms with Gasteiger partial charge in [-0.1, -0.05) is 0 Å². The van der Waals surface area contributed by atoms with E-state index in [1.54, 1.807) is 22.5 Å². The summed E-state index contributed by atoms with van der Waals surface area (Å²) in [5, 5.41) is 5.13. The quantitative estimate of drug-likeness (QED) is 0.696. The molecule has 0 aliphatic carbocycles. The predicted octanol–water partition coefficient (Wildman–Crippen LogP) is 1.45. The molecule has 7 nitrogen and oxygen atoms in total. The number of thiophene rings is 1. The summed E-state index contributed by atoms with van der Waals surface area (Å²) >= 11 is 1.52. The van der Waals surface area contributed by atoms with Gasteiger partial charge in [0.2, 0.25) is 5.91 Å². The molecular formula is C17H19N5O2S. The lowest BCUT2D eigenvalue weighted by Gasteiger charge is -2.25. The Morgan fingerprint density at radius 1 is 1.40 bits per heavy atom. The van der Waals surface area contributed by atoms with Crippen LogP contribution in [0, 0.1) is 6.92 Å². The first-order chi connectivity index (χ1) is 11.9. The highest BCUT2D eigenvalue weighted by Crippen LogP contribution is 2.32. The van der Waals surface area contributed by atoms with Crippen molar-refractivity contribution >= 4 is 27.5 Å². The molecular weight excluding hydrogens is 338 g/mol. The summed E-state index contributed by atoms with van der Waals surface area (Å²) in [5.74, 6) is 0.0685. The van der Waals surface area contributed by atoms with E-state index < -0.39 is 0 Å². The fraction of sp³-hybridized carbons (Fsp3) is 0.412. The first kappa shape index (κ1) is 16.0. The Kier molecular flexibility index (Phi) is 3.72. The molecule has 0 radical (unpaired) electrons. The summed E-state index contributed by atoms with van der Waals surface area (Å²) < 4.78 is 3.42. The topological polar surface area (TPSA) is 73.0 Å². The minimum absolute atomic E-state index is 0.0259. The van der Waals surface area contributed by atoms with Crippen LogP contribution in [-0.2, 0) is 31.4 Å². The number of hydrogen-bond donors (Lipinski definition) is 0. The highest BCUT2D eigenvalue weighted by molar-refractivity contribution is 7.18. The molecule has 1 amide bonds. The van der Waals surface area contributed by atoms with Gasteiger partial charge in [-0.05, 0) is 25.0 Å². The Morgan fingerprint density at radius 2 is 2.20 bits per heavy atom. The highest BCUT2D eigenvalue weighted by Gasteiger charge is 2.25. The molecule has 8 heteroatoms. The molecule has 3 aromatic heterocycles. The number of aryl methyl sites for hydroxylation is 2. The van der Waals surface area contributed by atoms with E-state index in [2.05, 4.69) is 10.1 Å². The van der Waals surface area contributed by atoms with Gasteiger partial charge in [0.15, 0.2) is 0 Å². The zero-order valence-corrected chi connectivity index (χ0v) is 15.3. The van der Waals surface area contributed by atoms with Crippen LogP contribution in [0.15, 0.2) is 17.2 Å². The van der Waals surface area contributed by atoms with Crippen LogP contribution in [0.25, 0.3) is 10.2 Å². The van der Waals surface area contributed by atoms with Gasteiger partial charge >= 0.3 is 0 Å². The van der Waals surface area contributed by atoms with E-state index >= 15 is 0 Å². The number of fused-ring (bicyclic) bond motifs is 3. The van der Waals surface area contributed by atoms with Gasteiger partial charge in [0.25, 0.3) is 5.56 Å². The smallest absolute Gasteiger partial charge is 0.262 e. The summed E-state index contributed by atoms with van der Waals surface area (Å²) in [6, 6.07) is 1.98. The summed E-state index contributed by atoms with van der Waals surface area (Å²) in [7, 11) is 1.89. The molecule has 1 aliphatic rings. The molecule has 0 atom stereocenters. The number of aromatic nitrogens is 4. The number of carbonyl (C=O) groups excluding carboxylic acids is 1. The third-order valence-corrected chi connectivity index (χ3v) is 5.89. The maximum absolute atomic E-state index is 13.0. The van der Waals surface area contributed by atoms with Crippen molar-refractivity contribution in [2.45, 2.75) is 33.4 Å². The van der Waals surface area contributed by atoms with Gasteiger partial charge < -0.3 is 4.90 Å². The van der Waals surface area contributed by atoms with Crippen molar-refractivity contribution in [3.63, 3.8) is 0 Å². The lowest BCUT2D eigenvalue weighted by atomic mass is 10.1. The zero-order valence-electron chi connectivity index (χ0n) is 14.4. The predicted molar refractivity (Wildman–Crippen MR) is 95.7 cm³/mol. The summed E-state index contributed by atoms with van der Waals surface area (Å²) in [5.41, 5.74) is 2.92. The van der Waals surface area contributed by atoms with Crippen molar-refractivity contribution in [1.82, 2.24) is 24.2 Å². The zero-order chi connectivity index (χ0) is 17.7. The van der Waals surface area contributed by atoms with Crippen molar-refractivity contribution in [3.8, 4) is 0 Å². The SMILES string of the molecule is CC(=O)N1CCc2c(sc3ncn(Cc4cc(C)n(C)n4)c(=O)c23)C1. The number of nitrogens with zero attached hydrogens (tertiary/aromatic N) is 5. The monoisotopic (exact) mass is 357 g/mol. The number of hydrogen-bond acceptors (Lipinski definition) is 5. The molecule has 0 unspecified atom stereocenters. The van der Waals surface area contributed by atoms with Crippen LogP contribution in [0.2, 0.25) is 0 Å². The van der Waals surface area contributed by atoms with E-state index in [1.807, 2.05) is 24.9 Å². The van der Waals surface area contributed by atoms with Crippen LogP contribution >= 0.6 is 11.3 Å². The Morgan fingerprint density at radius 3 is 2.88 bits per heavy atom. The average molecular weight is 357 g/mol. The van der Waals surface area contributed by atoms with E-state index in [1.165, 1.54) is 11.3 Å². The van der Waals surface area contributed by atoms with Crippen LogP contribution in [0.4, 0.5) is 0 Å². The van der Waals surface area contributed by atoms with E-state index in [4.69, 9.17) is 0 Å². The molecule has 0 bridgehead atoms. The minimum atomic E-state index is -0.0259. The van der Waals surface area contributed by atoms with E-state index in [0.29, 0.717) is 31.4 Å². The van der Waals surface area contributed by atoms with Gasteiger partial charge in [0.1, 0.15) is 4.83 Å². The van der Waals surface area contributed by atoms with Crippen LogP contribution < -0.4 is 5.56 Å². The van der Waals surface area contributed by atoms with Crippen LogP contribution in [0.1, 0.15) is 28.8 Å². The first-order valence-electron chi connectivity index (χ1n) is 8.18. The lowest BCUT2D eigenvalue weighted by molar-refractivity contribution is -0.129. The van der Waals surface area contributed by atoms with Gasteiger partial charge in [-0.25, -0.2) is 4.98 Å². The average Bonchev–Trinajstić information content (AvgIpc) is 3.09. The van der Waals surface area contributed by atoms with E-state index in [-0.39, 0.29) is 11.5 Å². The van der Waals surface area contributed by atoms with Gasteiger partial charge in [-0.2, -0.15) is 5.10 Å². The Hall–Kier alpha value is -2.48. The van der Waals surface area contributed by atoms with Crippen molar-refractivity contribution in [2.24, 2.45) is 7.05 Å². The molecule has 4 heterocycles. The van der Waals surface area contributed by atoms with Crippen molar-refractivity contribution in [3.05, 3.63) is 44.6 Å². The molecule has 0 spiro atoms. The fourth-order valence-electron chi connectivity index (χ4n) is 3.29. The number of carbonyl (C=O) groups is 1. The molecule has 130 valence electrons. The molecule has 0 N–H and O–H groups in total. The second-order valence-electron chi connectivity index (χ2n) is 6.45. The number of amides is 1. The summed E-state index contributed by atoms with van der Waals surface area (Å²) in [6.07, 6.45) is 2.30. The Labute approximate surface area is 148 Å². The van der Waals surface area contributed by atoms with Gasteiger partial charge in [0, 0.05) is 31.1 Å². The van der Waals surface area contributed by atoms with Crippen molar-refractivity contribution in [1.29, 1.82) is 0 Å². The molecule has 0 saturated carbocycles. The molecule has 0 fully saturated rings. The molecule has 1 aliphatic heterocycles. The minimum Gasteiger partial charge on any atom is -0.337 e. The third kappa shape index (κ3) is 2.66. The van der Waals surface area contributed by atoms with E-state index in [9.17, 15) is 9.59 Å². The molecule has 0 aromatic carbocycles. The normalized spacial score (nSPS) is 14.1. The largest absolute Gasteiger partial charge is 0.337 e. The van der Waals surface area contributed by atoms with Crippen LogP contribution in [0.3, 0.4) is 0 Å². The van der Waals surface area contributed by atoms with Crippen LogP contribution in [-0.4, -0.2) is 36.7 Å². The lowest BCUT2D eigenvalue weighted by Crippen LogP contribution is -2.34. The second-order valence-corrected chi connectivity index (χ2v) is 7.54. The first-order valence-corrected chi connectivity index (χ1v) is 9.00. The van der Waals surface area contributed by atoms with E-state index in [0.717, 1.165) is 26.7 Å². The molecule has 0 saturated heterocycles. The maximum Gasteiger partial charge on any atom is 0.262 e. The second kappa shape index (κ2) is 5.80. The van der Waals surface area contributed by atoms with Crippen molar-refractivity contribution < 1.29 is 4.79 Å². The summed E-state index contributed by atoms with van der Waals surface area (Å²) in [6.45, 7) is 5.20.